The maximum atomic E-state index is 12.7. The third kappa shape index (κ3) is 5.71. The summed E-state index contributed by atoms with van der Waals surface area (Å²) in [7, 11) is 0. The molecule has 10 nitrogen and oxygen atoms in total. The molecular weight excluding hydrogens is 421 g/mol. The average Bonchev–Trinajstić information content (AvgIpc) is 2.71. The van der Waals surface area contributed by atoms with E-state index >= 15 is 0 Å². The van der Waals surface area contributed by atoms with Gasteiger partial charge in [-0.15, -0.1) is 0 Å². The molecule has 0 aliphatic carbocycles. The van der Waals surface area contributed by atoms with Crippen molar-refractivity contribution in [3.63, 3.8) is 0 Å². The van der Waals surface area contributed by atoms with E-state index in [1.54, 1.807) is 19.1 Å². The van der Waals surface area contributed by atoms with Crippen LogP contribution in [0.25, 0.3) is 0 Å². The fourth-order valence-electron chi connectivity index (χ4n) is 2.80. The van der Waals surface area contributed by atoms with Crippen molar-refractivity contribution in [1.29, 1.82) is 0 Å². The molecule has 2 aromatic rings. The van der Waals surface area contributed by atoms with Crippen LogP contribution >= 0.6 is 0 Å². The minimum atomic E-state index is -4.53. The molecule has 1 fully saturated rings. The standard InChI is InChI=1S/C18H19F3N6O4/c1-11(31-16(22)29)10-30-13-2-3-23-14(6-13)27-5-4-26(9-15(27)28)17-24-7-12(8-25-17)18(19,20)21/h2-3,6-8,11H,4-5,9-10H2,1H3,(H2,22,29). The van der Waals surface area contributed by atoms with E-state index in [0.717, 1.165) is 0 Å². The fourth-order valence-corrected chi connectivity index (χ4v) is 2.80. The number of carbonyl (C=O) groups is 2. The molecule has 166 valence electrons. The van der Waals surface area contributed by atoms with Crippen LogP contribution in [0.1, 0.15) is 12.5 Å². The Kier molecular flexibility index (Phi) is 6.42. The minimum absolute atomic E-state index is 0.0366. The molecule has 2 N–H and O–H groups in total. The zero-order chi connectivity index (χ0) is 22.6. The number of pyridine rings is 1. The van der Waals surface area contributed by atoms with Crippen LogP contribution in [0.15, 0.2) is 30.7 Å². The van der Waals surface area contributed by atoms with E-state index in [-0.39, 0.29) is 31.6 Å². The van der Waals surface area contributed by atoms with Crippen molar-refractivity contribution in [2.24, 2.45) is 5.73 Å². The predicted octanol–water partition coefficient (Wildman–Crippen LogP) is 1.61. The Hall–Kier alpha value is -3.64. The number of halogens is 3. The van der Waals surface area contributed by atoms with Gasteiger partial charge in [0.1, 0.15) is 30.8 Å². The second-order valence-corrected chi connectivity index (χ2v) is 6.64. The van der Waals surface area contributed by atoms with Gasteiger partial charge in [-0.05, 0) is 13.0 Å². The number of anilines is 2. The first-order chi connectivity index (χ1) is 14.6. The summed E-state index contributed by atoms with van der Waals surface area (Å²) < 4.78 is 48.3. The number of nitrogens with two attached hydrogens (primary N) is 1. The van der Waals surface area contributed by atoms with Gasteiger partial charge in [-0.2, -0.15) is 13.2 Å². The van der Waals surface area contributed by atoms with Gasteiger partial charge in [-0.25, -0.2) is 19.7 Å². The van der Waals surface area contributed by atoms with E-state index in [1.807, 2.05) is 0 Å². The van der Waals surface area contributed by atoms with Crippen LogP contribution in [0, 0.1) is 0 Å². The third-order valence-corrected chi connectivity index (χ3v) is 4.26. The highest BCUT2D eigenvalue weighted by molar-refractivity contribution is 5.96. The summed E-state index contributed by atoms with van der Waals surface area (Å²) in [5, 5.41) is 0. The quantitative estimate of drug-likeness (QED) is 0.719. The van der Waals surface area contributed by atoms with Crippen LogP contribution < -0.4 is 20.3 Å². The molecular formula is C18H19F3N6O4. The first-order valence-electron chi connectivity index (χ1n) is 9.13. The summed E-state index contributed by atoms with van der Waals surface area (Å²) >= 11 is 0. The Morgan fingerprint density at radius 3 is 2.58 bits per heavy atom. The zero-order valence-electron chi connectivity index (χ0n) is 16.4. The molecule has 0 spiro atoms. The summed E-state index contributed by atoms with van der Waals surface area (Å²) in [4.78, 5) is 37.9. The number of hydrogen-bond acceptors (Lipinski definition) is 8. The molecule has 0 aromatic carbocycles. The van der Waals surface area contributed by atoms with Crippen molar-refractivity contribution in [2.75, 3.05) is 36.0 Å². The summed E-state index contributed by atoms with van der Waals surface area (Å²) in [6.45, 7) is 2.06. The van der Waals surface area contributed by atoms with Gasteiger partial charge < -0.3 is 20.1 Å². The van der Waals surface area contributed by atoms with Crippen molar-refractivity contribution in [2.45, 2.75) is 19.2 Å². The van der Waals surface area contributed by atoms with Crippen LogP contribution in [-0.4, -0.2) is 59.3 Å². The number of nitrogens with zero attached hydrogens (tertiary/aromatic N) is 5. The summed E-state index contributed by atoms with van der Waals surface area (Å²) in [6.07, 6.45) is -3.18. The second kappa shape index (κ2) is 9.02. The van der Waals surface area contributed by atoms with Crippen molar-refractivity contribution < 1.29 is 32.2 Å². The number of carbonyl (C=O) groups excluding carboxylic acids is 2. The molecule has 3 heterocycles. The molecule has 1 unspecified atom stereocenters. The SMILES string of the molecule is CC(COc1ccnc(N2CCN(c3ncc(C(F)(F)F)cn3)CC2=O)c1)OC(N)=O. The van der Waals surface area contributed by atoms with Gasteiger partial charge >= 0.3 is 12.3 Å². The average molecular weight is 440 g/mol. The Morgan fingerprint density at radius 2 is 1.97 bits per heavy atom. The molecule has 2 aromatic heterocycles. The maximum absolute atomic E-state index is 12.7. The molecule has 0 saturated carbocycles. The third-order valence-electron chi connectivity index (χ3n) is 4.26. The van der Waals surface area contributed by atoms with Gasteiger partial charge in [0, 0.05) is 37.7 Å². The van der Waals surface area contributed by atoms with E-state index in [9.17, 15) is 22.8 Å². The number of hydrogen-bond donors (Lipinski definition) is 1. The number of amides is 2. The van der Waals surface area contributed by atoms with Crippen molar-refractivity contribution in [1.82, 2.24) is 15.0 Å². The van der Waals surface area contributed by atoms with Crippen LogP contribution in [-0.2, 0) is 15.7 Å². The Balaban J connectivity index is 1.62. The molecule has 1 aliphatic heterocycles. The minimum Gasteiger partial charge on any atom is -0.490 e. The lowest BCUT2D eigenvalue weighted by Gasteiger charge is -2.33. The van der Waals surface area contributed by atoms with Crippen LogP contribution in [0.4, 0.5) is 29.7 Å². The van der Waals surface area contributed by atoms with Crippen molar-refractivity contribution in [3.8, 4) is 5.75 Å². The van der Waals surface area contributed by atoms with Gasteiger partial charge in [0.15, 0.2) is 0 Å². The lowest BCUT2D eigenvalue weighted by molar-refractivity contribution is -0.138. The Morgan fingerprint density at radius 1 is 1.26 bits per heavy atom. The molecule has 0 bridgehead atoms. The molecule has 13 heteroatoms. The normalized spacial score (nSPS) is 15.5. The van der Waals surface area contributed by atoms with E-state index in [1.165, 1.54) is 16.0 Å². The van der Waals surface area contributed by atoms with Gasteiger partial charge in [0.2, 0.25) is 11.9 Å². The smallest absolute Gasteiger partial charge is 0.419 e. The number of rotatable bonds is 6. The first-order valence-corrected chi connectivity index (χ1v) is 9.13. The Labute approximate surface area is 174 Å². The van der Waals surface area contributed by atoms with Crippen LogP contribution in [0.2, 0.25) is 0 Å². The summed E-state index contributed by atoms with van der Waals surface area (Å²) in [5.41, 5.74) is 3.98. The largest absolute Gasteiger partial charge is 0.490 e. The van der Waals surface area contributed by atoms with Gasteiger partial charge in [0.25, 0.3) is 0 Å². The van der Waals surface area contributed by atoms with E-state index in [2.05, 4.69) is 15.0 Å². The molecule has 0 radical (unpaired) electrons. The van der Waals surface area contributed by atoms with E-state index in [0.29, 0.717) is 30.5 Å². The van der Waals surface area contributed by atoms with Crippen LogP contribution in [0.3, 0.4) is 0 Å². The molecule has 3 rings (SSSR count). The van der Waals surface area contributed by atoms with Gasteiger partial charge in [-0.1, -0.05) is 0 Å². The monoisotopic (exact) mass is 440 g/mol. The number of piperazine rings is 1. The fraction of sp³-hybridized carbons (Fsp3) is 0.389. The van der Waals surface area contributed by atoms with Gasteiger partial charge in [-0.3, -0.25) is 9.69 Å². The van der Waals surface area contributed by atoms with Crippen LogP contribution in [0.5, 0.6) is 5.75 Å². The topological polar surface area (TPSA) is 124 Å². The molecule has 1 aliphatic rings. The number of ether oxygens (including phenoxy) is 2. The highest BCUT2D eigenvalue weighted by Crippen LogP contribution is 2.28. The summed E-state index contributed by atoms with van der Waals surface area (Å²) in [6, 6.07) is 3.14. The molecule has 31 heavy (non-hydrogen) atoms. The van der Waals surface area contributed by atoms with E-state index < -0.39 is 23.9 Å². The lowest BCUT2D eigenvalue weighted by Crippen LogP contribution is -2.51. The summed E-state index contributed by atoms with van der Waals surface area (Å²) in [5.74, 6) is 0.462. The Bertz CT molecular complexity index is 941. The first kappa shape index (κ1) is 22.1. The van der Waals surface area contributed by atoms with Gasteiger partial charge in [0.05, 0.1) is 5.56 Å². The lowest BCUT2D eigenvalue weighted by atomic mass is 10.3. The highest BCUT2D eigenvalue weighted by atomic mass is 19.4. The van der Waals surface area contributed by atoms with Crippen molar-refractivity contribution >= 4 is 23.8 Å². The number of aromatic nitrogens is 3. The predicted molar refractivity (Wildman–Crippen MR) is 101 cm³/mol. The zero-order valence-corrected chi connectivity index (χ0v) is 16.4. The van der Waals surface area contributed by atoms with Crippen molar-refractivity contribution in [3.05, 3.63) is 36.3 Å². The second-order valence-electron chi connectivity index (χ2n) is 6.64. The van der Waals surface area contributed by atoms with E-state index in [4.69, 9.17) is 15.2 Å². The number of alkyl halides is 3. The highest BCUT2D eigenvalue weighted by Gasteiger charge is 2.32. The maximum Gasteiger partial charge on any atom is 0.419 e. The number of primary amides is 1. The molecule has 1 saturated heterocycles. The molecule has 2 amide bonds. The molecule has 1 atom stereocenters.